The molecule has 0 saturated carbocycles. The van der Waals surface area contributed by atoms with E-state index in [0.29, 0.717) is 11.3 Å². The SMILES string of the molecule is CCCc1ccc(/C=N\NC(=O)c2ccccc2C)o1. The number of hydrogen-bond acceptors (Lipinski definition) is 3. The maximum absolute atomic E-state index is 11.9. The lowest BCUT2D eigenvalue weighted by molar-refractivity contribution is 0.0954. The van der Waals surface area contributed by atoms with Crippen LogP contribution in [0.5, 0.6) is 0 Å². The van der Waals surface area contributed by atoms with Gasteiger partial charge in [0.25, 0.3) is 5.91 Å². The smallest absolute Gasteiger partial charge is 0.271 e. The third kappa shape index (κ3) is 3.57. The first-order valence-corrected chi connectivity index (χ1v) is 6.68. The third-order valence-corrected chi connectivity index (χ3v) is 2.93. The first-order chi connectivity index (χ1) is 9.70. The van der Waals surface area contributed by atoms with Crippen molar-refractivity contribution in [3.05, 3.63) is 59.0 Å². The molecule has 0 radical (unpaired) electrons. The minimum absolute atomic E-state index is 0.223. The lowest BCUT2D eigenvalue weighted by Gasteiger charge is -2.02. The highest BCUT2D eigenvalue weighted by Crippen LogP contribution is 2.08. The van der Waals surface area contributed by atoms with Gasteiger partial charge >= 0.3 is 0 Å². The number of furan rings is 1. The van der Waals surface area contributed by atoms with E-state index in [1.54, 1.807) is 6.07 Å². The highest BCUT2D eigenvalue weighted by atomic mass is 16.3. The van der Waals surface area contributed by atoms with Crippen LogP contribution in [0.25, 0.3) is 0 Å². The fourth-order valence-electron chi connectivity index (χ4n) is 1.89. The molecular formula is C16H18N2O2. The number of hydrogen-bond donors (Lipinski definition) is 1. The molecule has 20 heavy (non-hydrogen) atoms. The van der Waals surface area contributed by atoms with E-state index in [1.807, 2.05) is 37.3 Å². The van der Waals surface area contributed by atoms with Gasteiger partial charge in [0.2, 0.25) is 0 Å². The molecule has 1 aromatic carbocycles. The monoisotopic (exact) mass is 270 g/mol. The zero-order valence-corrected chi connectivity index (χ0v) is 11.7. The second kappa shape index (κ2) is 6.70. The average molecular weight is 270 g/mol. The van der Waals surface area contributed by atoms with Crippen molar-refractivity contribution in [3.8, 4) is 0 Å². The molecule has 1 N–H and O–H groups in total. The molecule has 1 amide bonds. The normalized spacial score (nSPS) is 10.9. The Hall–Kier alpha value is -2.36. The van der Waals surface area contributed by atoms with E-state index >= 15 is 0 Å². The Kier molecular flexibility index (Phi) is 4.71. The van der Waals surface area contributed by atoms with Crippen molar-refractivity contribution in [2.75, 3.05) is 0 Å². The molecule has 0 aliphatic carbocycles. The Balaban J connectivity index is 1.95. The maximum atomic E-state index is 11.9. The number of nitrogens with one attached hydrogen (secondary N) is 1. The van der Waals surface area contributed by atoms with E-state index in [1.165, 1.54) is 6.21 Å². The predicted octanol–water partition coefficient (Wildman–Crippen LogP) is 3.30. The summed E-state index contributed by atoms with van der Waals surface area (Å²) in [5.41, 5.74) is 4.04. The van der Waals surface area contributed by atoms with Crippen LogP contribution in [0.2, 0.25) is 0 Å². The fourth-order valence-corrected chi connectivity index (χ4v) is 1.89. The zero-order valence-electron chi connectivity index (χ0n) is 11.7. The topological polar surface area (TPSA) is 54.6 Å². The summed E-state index contributed by atoms with van der Waals surface area (Å²) in [6.45, 7) is 3.99. The van der Waals surface area contributed by atoms with Crippen LogP contribution in [0.15, 0.2) is 45.9 Å². The molecule has 4 nitrogen and oxygen atoms in total. The van der Waals surface area contributed by atoms with Crippen molar-refractivity contribution in [1.82, 2.24) is 5.43 Å². The standard InChI is InChI=1S/C16H18N2O2/c1-3-6-13-9-10-14(20-13)11-17-18-16(19)15-8-5-4-7-12(15)2/h4-5,7-11H,3,6H2,1-2H3,(H,18,19)/b17-11-. The maximum Gasteiger partial charge on any atom is 0.271 e. The van der Waals surface area contributed by atoms with Gasteiger partial charge in [-0.05, 0) is 37.1 Å². The van der Waals surface area contributed by atoms with E-state index in [2.05, 4.69) is 17.5 Å². The molecule has 104 valence electrons. The summed E-state index contributed by atoms with van der Waals surface area (Å²) in [7, 11) is 0. The summed E-state index contributed by atoms with van der Waals surface area (Å²) in [6.07, 6.45) is 3.45. The second-order valence-corrected chi connectivity index (χ2v) is 4.57. The van der Waals surface area contributed by atoms with Crippen LogP contribution in [0.1, 0.15) is 40.8 Å². The number of rotatable bonds is 5. The molecule has 0 saturated heterocycles. The van der Waals surface area contributed by atoms with Gasteiger partial charge in [0.1, 0.15) is 11.5 Å². The highest BCUT2D eigenvalue weighted by molar-refractivity contribution is 5.96. The number of carbonyl (C=O) groups excluding carboxylic acids is 1. The molecule has 0 aliphatic heterocycles. The van der Waals surface area contributed by atoms with Crippen molar-refractivity contribution >= 4 is 12.1 Å². The number of hydrazone groups is 1. The minimum atomic E-state index is -0.223. The molecule has 1 heterocycles. The van der Waals surface area contributed by atoms with Crippen LogP contribution in [-0.4, -0.2) is 12.1 Å². The zero-order chi connectivity index (χ0) is 14.4. The number of amides is 1. The third-order valence-electron chi connectivity index (χ3n) is 2.93. The Bertz CT molecular complexity index is 614. The Morgan fingerprint density at radius 1 is 1.30 bits per heavy atom. The molecule has 4 heteroatoms. The minimum Gasteiger partial charge on any atom is -0.460 e. The number of nitrogens with zero attached hydrogens (tertiary/aromatic N) is 1. The Morgan fingerprint density at radius 2 is 2.10 bits per heavy atom. The summed E-state index contributed by atoms with van der Waals surface area (Å²) in [6, 6.07) is 11.2. The molecule has 2 rings (SSSR count). The first-order valence-electron chi connectivity index (χ1n) is 6.68. The van der Waals surface area contributed by atoms with E-state index < -0.39 is 0 Å². The van der Waals surface area contributed by atoms with Gasteiger partial charge in [-0.2, -0.15) is 5.10 Å². The van der Waals surface area contributed by atoms with Crippen molar-refractivity contribution in [1.29, 1.82) is 0 Å². The van der Waals surface area contributed by atoms with Gasteiger partial charge in [0.05, 0.1) is 6.21 Å². The van der Waals surface area contributed by atoms with Crippen molar-refractivity contribution in [3.63, 3.8) is 0 Å². The predicted molar refractivity (Wildman–Crippen MR) is 78.9 cm³/mol. The highest BCUT2D eigenvalue weighted by Gasteiger charge is 2.06. The number of aryl methyl sites for hydroxylation is 2. The lowest BCUT2D eigenvalue weighted by Crippen LogP contribution is -2.18. The van der Waals surface area contributed by atoms with Gasteiger partial charge < -0.3 is 4.42 Å². The molecule has 0 fully saturated rings. The quantitative estimate of drug-likeness (QED) is 0.669. The van der Waals surface area contributed by atoms with Crippen LogP contribution in [-0.2, 0) is 6.42 Å². The molecule has 0 atom stereocenters. The van der Waals surface area contributed by atoms with Gasteiger partial charge in [-0.25, -0.2) is 5.43 Å². The molecule has 0 bridgehead atoms. The summed E-state index contributed by atoms with van der Waals surface area (Å²) >= 11 is 0. The molecule has 0 spiro atoms. The summed E-state index contributed by atoms with van der Waals surface area (Å²) in [4.78, 5) is 11.9. The molecule has 2 aromatic rings. The Morgan fingerprint density at radius 3 is 2.85 bits per heavy atom. The summed E-state index contributed by atoms with van der Waals surface area (Å²) in [5.74, 6) is 1.34. The van der Waals surface area contributed by atoms with Gasteiger partial charge in [0.15, 0.2) is 0 Å². The van der Waals surface area contributed by atoms with Gasteiger partial charge in [-0.15, -0.1) is 0 Å². The van der Waals surface area contributed by atoms with E-state index in [0.717, 1.165) is 24.2 Å². The van der Waals surface area contributed by atoms with Crippen LogP contribution in [0, 0.1) is 6.92 Å². The molecule has 0 unspecified atom stereocenters. The van der Waals surface area contributed by atoms with E-state index in [4.69, 9.17) is 4.42 Å². The Labute approximate surface area is 118 Å². The fraction of sp³-hybridized carbons (Fsp3) is 0.250. The molecule has 0 aliphatic rings. The first kappa shape index (κ1) is 14.1. The number of benzene rings is 1. The molecular weight excluding hydrogens is 252 g/mol. The second-order valence-electron chi connectivity index (χ2n) is 4.57. The average Bonchev–Trinajstić information content (AvgIpc) is 2.87. The van der Waals surface area contributed by atoms with Gasteiger partial charge in [0, 0.05) is 12.0 Å². The van der Waals surface area contributed by atoms with Crippen LogP contribution in [0.3, 0.4) is 0 Å². The van der Waals surface area contributed by atoms with Gasteiger partial charge in [-0.1, -0.05) is 25.1 Å². The van der Waals surface area contributed by atoms with Crippen LogP contribution in [0.4, 0.5) is 0 Å². The molecule has 1 aromatic heterocycles. The van der Waals surface area contributed by atoms with Crippen molar-refractivity contribution < 1.29 is 9.21 Å². The summed E-state index contributed by atoms with van der Waals surface area (Å²) < 4.78 is 5.53. The largest absolute Gasteiger partial charge is 0.460 e. The number of carbonyl (C=O) groups is 1. The van der Waals surface area contributed by atoms with E-state index in [-0.39, 0.29) is 5.91 Å². The van der Waals surface area contributed by atoms with Crippen molar-refractivity contribution in [2.45, 2.75) is 26.7 Å². The lowest BCUT2D eigenvalue weighted by atomic mass is 10.1. The summed E-state index contributed by atoms with van der Waals surface area (Å²) in [5, 5.41) is 3.91. The van der Waals surface area contributed by atoms with Crippen LogP contribution >= 0.6 is 0 Å². The van der Waals surface area contributed by atoms with E-state index in [9.17, 15) is 4.79 Å². The van der Waals surface area contributed by atoms with Gasteiger partial charge in [-0.3, -0.25) is 4.79 Å². The van der Waals surface area contributed by atoms with Crippen LogP contribution < -0.4 is 5.43 Å². The van der Waals surface area contributed by atoms with Crippen molar-refractivity contribution in [2.24, 2.45) is 5.10 Å².